The third-order valence-electron chi connectivity index (χ3n) is 5.86. The van der Waals surface area contributed by atoms with Crippen molar-refractivity contribution in [2.24, 2.45) is 0 Å². The molecule has 0 amide bonds. The van der Waals surface area contributed by atoms with Gasteiger partial charge in [0, 0.05) is 44.0 Å². The van der Waals surface area contributed by atoms with Crippen LogP contribution in [-0.2, 0) is 4.74 Å². The van der Waals surface area contributed by atoms with E-state index in [1.807, 2.05) is 24.5 Å². The summed E-state index contributed by atoms with van der Waals surface area (Å²) in [5.41, 5.74) is 5.69. The number of ether oxygens (including phenoxy) is 1. The molecule has 2 atom stereocenters. The molecule has 0 unspecified atom stereocenters. The normalized spacial score (nSPS) is 18.5. The topological polar surface area (TPSA) is 55.2 Å². The van der Waals surface area contributed by atoms with Crippen molar-refractivity contribution in [3.63, 3.8) is 0 Å². The molecule has 0 aromatic carbocycles. The molecule has 7 heteroatoms. The number of hydrogen-bond donors (Lipinski definition) is 1. The lowest BCUT2D eigenvalue weighted by Crippen LogP contribution is -2.31. The smallest absolute Gasteiger partial charge is 0.170 e. The third-order valence-corrected chi connectivity index (χ3v) is 6.21. The van der Waals surface area contributed by atoms with E-state index in [-0.39, 0.29) is 12.1 Å². The fourth-order valence-electron chi connectivity index (χ4n) is 4.40. The number of hydrogen-bond acceptors (Lipinski definition) is 4. The number of rotatable bonds is 7. The summed E-state index contributed by atoms with van der Waals surface area (Å²) in [5, 5.41) is 4.29. The van der Waals surface area contributed by atoms with Gasteiger partial charge in [-0.1, -0.05) is 12.1 Å². The minimum atomic E-state index is -0.0174. The van der Waals surface area contributed by atoms with Crippen LogP contribution >= 0.6 is 12.2 Å². The van der Waals surface area contributed by atoms with Crippen LogP contribution < -0.4 is 5.32 Å². The third kappa shape index (κ3) is 4.20. The quantitative estimate of drug-likeness (QED) is 0.443. The summed E-state index contributed by atoms with van der Waals surface area (Å²) >= 11 is 5.76. The minimum absolute atomic E-state index is 0.0174. The maximum absolute atomic E-state index is 5.76. The summed E-state index contributed by atoms with van der Waals surface area (Å²) in [6.45, 7) is 7.86. The number of nitrogens with one attached hydrogen (secondary N) is 1. The standard InChI is InChI=1S/C24H29N5OS/c1-16-9-10-21(26-15-16)29-17(2)14-19(18(29)3)23-22(20-8-5-6-11-25-20)27-24(31)28(23)12-7-13-30-4/h5-6,8-11,14-15,22-23H,7,12-13H2,1-4H3,(H,27,31)/t22-,23+/m0/s1. The zero-order chi connectivity index (χ0) is 22.0. The SMILES string of the molecule is COCCCN1C(=S)N[C@@H](c2ccccn2)[C@H]1c1cc(C)n(-c2ccc(C)cn2)c1C. The van der Waals surface area contributed by atoms with Gasteiger partial charge in [0.25, 0.3) is 0 Å². The van der Waals surface area contributed by atoms with E-state index >= 15 is 0 Å². The van der Waals surface area contributed by atoms with Crippen LogP contribution in [0.1, 0.15) is 46.7 Å². The molecule has 4 rings (SSSR count). The van der Waals surface area contributed by atoms with Gasteiger partial charge in [0.15, 0.2) is 5.11 Å². The van der Waals surface area contributed by atoms with Crippen molar-refractivity contribution in [1.29, 1.82) is 0 Å². The van der Waals surface area contributed by atoms with Gasteiger partial charge in [-0.05, 0) is 74.8 Å². The van der Waals surface area contributed by atoms with E-state index in [0.29, 0.717) is 6.61 Å². The Morgan fingerprint density at radius 1 is 1.13 bits per heavy atom. The molecular formula is C24H29N5OS. The van der Waals surface area contributed by atoms with E-state index in [0.717, 1.165) is 40.8 Å². The zero-order valence-electron chi connectivity index (χ0n) is 18.5. The van der Waals surface area contributed by atoms with Gasteiger partial charge in [-0.25, -0.2) is 4.98 Å². The molecule has 0 bridgehead atoms. The van der Waals surface area contributed by atoms with E-state index in [1.54, 1.807) is 7.11 Å². The van der Waals surface area contributed by atoms with Crippen LogP contribution in [0.25, 0.3) is 5.82 Å². The highest BCUT2D eigenvalue weighted by atomic mass is 32.1. The minimum Gasteiger partial charge on any atom is -0.385 e. The molecule has 1 saturated heterocycles. The Labute approximate surface area is 189 Å². The van der Waals surface area contributed by atoms with Crippen LogP contribution in [0.15, 0.2) is 48.8 Å². The van der Waals surface area contributed by atoms with Gasteiger partial charge in [0.2, 0.25) is 0 Å². The van der Waals surface area contributed by atoms with Crippen LogP contribution in [0.5, 0.6) is 0 Å². The van der Waals surface area contributed by atoms with Crippen molar-refractivity contribution in [1.82, 2.24) is 24.8 Å². The van der Waals surface area contributed by atoms with Crippen molar-refractivity contribution < 1.29 is 4.74 Å². The molecular weight excluding hydrogens is 406 g/mol. The first kappa shape index (κ1) is 21.5. The Hall–Kier alpha value is -2.77. The molecule has 6 nitrogen and oxygen atoms in total. The summed E-state index contributed by atoms with van der Waals surface area (Å²) in [6.07, 6.45) is 4.65. The lowest BCUT2D eigenvalue weighted by molar-refractivity contribution is 0.180. The van der Waals surface area contributed by atoms with Gasteiger partial charge in [0.05, 0.1) is 17.8 Å². The van der Waals surface area contributed by atoms with Gasteiger partial charge in [-0.15, -0.1) is 0 Å². The molecule has 0 saturated carbocycles. The van der Waals surface area contributed by atoms with Gasteiger partial charge < -0.3 is 19.5 Å². The van der Waals surface area contributed by atoms with Crippen molar-refractivity contribution in [3.8, 4) is 5.82 Å². The predicted octanol–water partition coefficient (Wildman–Crippen LogP) is 4.20. The largest absolute Gasteiger partial charge is 0.385 e. The monoisotopic (exact) mass is 435 g/mol. The molecule has 0 spiro atoms. The molecule has 162 valence electrons. The maximum Gasteiger partial charge on any atom is 0.170 e. The van der Waals surface area contributed by atoms with E-state index in [4.69, 9.17) is 17.0 Å². The lowest BCUT2D eigenvalue weighted by atomic mass is 9.96. The summed E-state index contributed by atoms with van der Waals surface area (Å²) < 4.78 is 7.51. The Balaban J connectivity index is 1.78. The Morgan fingerprint density at radius 2 is 1.97 bits per heavy atom. The second-order valence-corrected chi connectivity index (χ2v) is 8.41. The number of methoxy groups -OCH3 is 1. The fraction of sp³-hybridized carbons (Fsp3) is 0.375. The fourth-order valence-corrected chi connectivity index (χ4v) is 4.73. The molecule has 3 aromatic heterocycles. The first-order valence-corrected chi connectivity index (χ1v) is 11.0. The average molecular weight is 436 g/mol. The van der Waals surface area contributed by atoms with Gasteiger partial charge in [-0.3, -0.25) is 4.98 Å². The molecule has 1 aliphatic heterocycles. The predicted molar refractivity (Wildman–Crippen MR) is 126 cm³/mol. The average Bonchev–Trinajstić information content (AvgIpc) is 3.25. The molecule has 0 aliphatic carbocycles. The molecule has 1 N–H and O–H groups in total. The van der Waals surface area contributed by atoms with E-state index < -0.39 is 0 Å². The summed E-state index contributed by atoms with van der Waals surface area (Å²) in [6, 6.07) is 12.5. The molecule has 3 aromatic rings. The van der Waals surface area contributed by atoms with E-state index in [2.05, 4.69) is 69.8 Å². The first-order chi connectivity index (χ1) is 15.0. The van der Waals surface area contributed by atoms with Crippen LogP contribution in [0, 0.1) is 20.8 Å². The van der Waals surface area contributed by atoms with Gasteiger partial charge >= 0.3 is 0 Å². The molecule has 1 fully saturated rings. The van der Waals surface area contributed by atoms with Crippen molar-refractivity contribution in [2.75, 3.05) is 20.3 Å². The zero-order valence-corrected chi connectivity index (χ0v) is 19.3. The van der Waals surface area contributed by atoms with E-state index in [9.17, 15) is 0 Å². The van der Waals surface area contributed by atoms with Gasteiger partial charge in [-0.2, -0.15) is 0 Å². The van der Waals surface area contributed by atoms with Crippen LogP contribution in [0.4, 0.5) is 0 Å². The molecule has 1 aliphatic rings. The molecule has 4 heterocycles. The summed E-state index contributed by atoms with van der Waals surface area (Å²) in [5.74, 6) is 0.931. The summed E-state index contributed by atoms with van der Waals surface area (Å²) in [4.78, 5) is 11.6. The Kier molecular flexibility index (Phi) is 6.34. The first-order valence-electron chi connectivity index (χ1n) is 10.6. The van der Waals surface area contributed by atoms with E-state index in [1.165, 1.54) is 11.3 Å². The number of aryl methyl sites for hydroxylation is 2. The lowest BCUT2D eigenvalue weighted by Gasteiger charge is -2.28. The second kappa shape index (κ2) is 9.16. The highest BCUT2D eigenvalue weighted by molar-refractivity contribution is 7.80. The molecule has 31 heavy (non-hydrogen) atoms. The molecule has 0 radical (unpaired) electrons. The highest BCUT2D eigenvalue weighted by Gasteiger charge is 2.41. The second-order valence-electron chi connectivity index (χ2n) is 8.02. The number of aromatic nitrogens is 3. The van der Waals surface area contributed by atoms with Crippen molar-refractivity contribution >= 4 is 17.3 Å². The Morgan fingerprint density at radius 3 is 2.65 bits per heavy atom. The van der Waals surface area contributed by atoms with Gasteiger partial charge in [0.1, 0.15) is 5.82 Å². The number of nitrogens with zero attached hydrogens (tertiary/aromatic N) is 4. The van der Waals surface area contributed by atoms with Crippen LogP contribution in [0.3, 0.4) is 0 Å². The number of pyridine rings is 2. The maximum atomic E-state index is 5.76. The van der Waals surface area contributed by atoms with Crippen LogP contribution in [0.2, 0.25) is 0 Å². The van der Waals surface area contributed by atoms with Crippen molar-refractivity contribution in [2.45, 2.75) is 39.3 Å². The Bertz CT molecular complexity index is 1050. The highest BCUT2D eigenvalue weighted by Crippen LogP contribution is 2.41. The summed E-state index contributed by atoms with van der Waals surface area (Å²) in [7, 11) is 1.73. The van der Waals surface area contributed by atoms with Crippen molar-refractivity contribution in [3.05, 3.63) is 77.0 Å². The number of thiocarbonyl (C=S) groups is 1. The van der Waals surface area contributed by atoms with Crippen LogP contribution in [-0.4, -0.2) is 44.8 Å².